The van der Waals surface area contributed by atoms with Gasteiger partial charge in [-0.3, -0.25) is 4.79 Å². The Bertz CT molecular complexity index is 538. The Morgan fingerprint density at radius 3 is 2.37 bits per heavy atom. The molecule has 1 amide bonds. The van der Waals surface area contributed by atoms with Gasteiger partial charge in [-0.1, -0.05) is 35.9 Å². The van der Waals surface area contributed by atoms with E-state index in [0.29, 0.717) is 11.3 Å². The molecule has 0 bridgehead atoms. The van der Waals surface area contributed by atoms with E-state index in [-0.39, 0.29) is 12.6 Å². The number of ether oxygens (including phenoxy) is 1. The van der Waals surface area contributed by atoms with Crippen LogP contribution in [0.3, 0.4) is 0 Å². The summed E-state index contributed by atoms with van der Waals surface area (Å²) in [6.45, 7) is 2.01. The summed E-state index contributed by atoms with van der Waals surface area (Å²) in [6, 6.07) is 16.4. The number of carbonyl (C=O) groups excluding carboxylic acids is 1. The van der Waals surface area contributed by atoms with E-state index in [0.717, 1.165) is 10.6 Å². The normalized spacial score (nSPS) is 10.0. The SMILES string of the molecule is Cc1ccc(OCN(N)C(=O)c2ccccc2)cc1. The number of nitrogens with two attached hydrogens (primary N) is 1. The van der Waals surface area contributed by atoms with Gasteiger partial charge in [0.2, 0.25) is 0 Å². The molecule has 0 spiro atoms. The molecule has 19 heavy (non-hydrogen) atoms. The highest BCUT2D eigenvalue weighted by Gasteiger charge is 2.11. The molecule has 4 nitrogen and oxygen atoms in total. The van der Waals surface area contributed by atoms with Gasteiger partial charge in [0, 0.05) is 5.56 Å². The van der Waals surface area contributed by atoms with Crippen molar-refractivity contribution in [3.63, 3.8) is 0 Å². The number of rotatable bonds is 4. The molecule has 0 saturated carbocycles. The van der Waals surface area contributed by atoms with Gasteiger partial charge in [-0.25, -0.2) is 10.9 Å². The number of hydrogen-bond donors (Lipinski definition) is 1. The Hall–Kier alpha value is -2.33. The van der Waals surface area contributed by atoms with Crippen LogP contribution >= 0.6 is 0 Å². The number of carbonyl (C=O) groups is 1. The van der Waals surface area contributed by atoms with Gasteiger partial charge in [0.05, 0.1) is 0 Å². The topological polar surface area (TPSA) is 55.6 Å². The molecule has 0 aliphatic carbocycles. The molecule has 0 aromatic heterocycles. The van der Waals surface area contributed by atoms with E-state index in [1.54, 1.807) is 24.3 Å². The van der Waals surface area contributed by atoms with Crippen molar-refractivity contribution in [3.8, 4) is 5.75 Å². The monoisotopic (exact) mass is 256 g/mol. The number of hydrogen-bond acceptors (Lipinski definition) is 3. The highest BCUT2D eigenvalue weighted by molar-refractivity contribution is 5.93. The number of benzene rings is 2. The Balaban J connectivity index is 1.92. The highest BCUT2D eigenvalue weighted by Crippen LogP contribution is 2.11. The smallest absolute Gasteiger partial charge is 0.270 e. The first-order chi connectivity index (χ1) is 9.16. The fraction of sp³-hybridized carbons (Fsp3) is 0.133. The van der Waals surface area contributed by atoms with Crippen molar-refractivity contribution in [2.75, 3.05) is 6.73 Å². The molecule has 0 unspecified atom stereocenters. The van der Waals surface area contributed by atoms with Crippen molar-refractivity contribution >= 4 is 5.91 Å². The summed E-state index contributed by atoms with van der Waals surface area (Å²) in [5.74, 6) is 6.10. The molecule has 4 heteroatoms. The van der Waals surface area contributed by atoms with E-state index < -0.39 is 0 Å². The Morgan fingerprint density at radius 1 is 1.11 bits per heavy atom. The van der Waals surface area contributed by atoms with Crippen LogP contribution in [-0.4, -0.2) is 17.6 Å². The van der Waals surface area contributed by atoms with Gasteiger partial charge in [0.25, 0.3) is 5.91 Å². The Labute approximate surface area is 112 Å². The molecule has 0 aliphatic rings. The van der Waals surface area contributed by atoms with Crippen LogP contribution in [-0.2, 0) is 0 Å². The van der Waals surface area contributed by atoms with Crippen LogP contribution in [0.15, 0.2) is 54.6 Å². The minimum absolute atomic E-state index is 0.0107. The van der Waals surface area contributed by atoms with Crippen molar-refractivity contribution in [3.05, 3.63) is 65.7 Å². The minimum atomic E-state index is -0.271. The van der Waals surface area contributed by atoms with E-state index in [1.165, 1.54) is 0 Å². The second-order valence-corrected chi connectivity index (χ2v) is 4.23. The quantitative estimate of drug-likeness (QED) is 0.395. The van der Waals surface area contributed by atoms with Gasteiger partial charge >= 0.3 is 0 Å². The second kappa shape index (κ2) is 6.02. The van der Waals surface area contributed by atoms with Crippen LogP contribution in [0.5, 0.6) is 5.75 Å². The van der Waals surface area contributed by atoms with Gasteiger partial charge in [0.1, 0.15) is 5.75 Å². The molecular formula is C15H16N2O2. The van der Waals surface area contributed by atoms with Crippen molar-refractivity contribution < 1.29 is 9.53 Å². The Morgan fingerprint density at radius 2 is 1.74 bits per heavy atom. The fourth-order valence-electron chi connectivity index (χ4n) is 1.58. The van der Waals surface area contributed by atoms with Crippen molar-refractivity contribution in [2.24, 2.45) is 5.84 Å². The zero-order valence-electron chi connectivity index (χ0n) is 10.7. The molecule has 0 heterocycles. The minimum Gasteiger partial charge on any atom is -0.472 e. The van der Waals surface area contributed by atoms with Crippen molar-refractivity contribution in [1.82, 2.24) is 5.01 Å². The lowest BCUT2D eigenvalue weighted by molar-refractivity contribution is 0.0597. The molecule has 0 radical (unpaired) electrons. The third kappa shape index (κ3) is 3.56. The first-order valence-corrected chi connectivity index (χ1v) is 5.98. The average Bonchev–Trinajstić information content (AvgIpc) is 2.46. The summed E-state index contributed by atoms with van der Waals surface area (Å²) in [6.07, 6.45) is 0. The number of aryl methyl sites for hydroxylation is 1. The summed E-state index contributed by atoms with van der Waals surface area (Å²) in [5.41, 5.74) is 1.69. The maximum atomic E-state index is 11.9. The standard InChI is InChI=1S/C15H16N2O2/c1-12-7-9-14(10-8-12)19-11-17(16)15(18)13-5-3-2-4-6-13/h2-10H,11,16H2,1H3. The van der Waals surface area contributed by atoms with Crippen LogP contribution in [0.4, 0.5) is 0 Å². The van der Waals surface area contributed by atoms with Crippen LogP contribution < -0.4 is 10.6 Å². The second-order valence-electron chi connectivity index (χ2n) is 4.23. The van der Waals surface area contributed by atoms with Crippen LogP contribution in [0, 0.1) is 6.92 Å². The van der Waals surface area contributed by atoms with Gasteiger partial charge in [-0.05, 0) is 31.2 Å². The largest absolute Gasteiger partial charge is 0.472 e. The summed E-state index contributed by atoms with van der Waals surface area (Å²) >= 11 is 0. The van der Waals surface area contributed by atoms with E-state index in [4.69, 9.17) is 10.6 Å². The zero-order valence-corrected chi connectivity index (χ0v) is 10.7. The summed E-state index contributed by atoms with van der Waals surface area (Å²) in [7, 11) is 0. The van der Waals surface area contributed by atoms with Crippen molar-refractivity contribution in [1.29, 1.82) is 0 Å². The van der Waals surface area contributed by atoms with E-state index >= 15 is 0 Å². The first-order valence-electron chi connectivity index (χ1n) is 5.98. The lowest BCUT2D eigenvalue weighted by Crippen LogP contribution is -2.40. The summed E-state index contributed by atoms with van der Waals surface area (Å²) < 4.78 is 5.45. The number of amides is 1. The van der Waals surface area contributed by atoms with Crippen molar-refractivity contribution in [2.45, 2.75) is 6.92 Å². The molecule has 2 aromatic rings. The number of hydrazine groups is 1. The van der Waals surface area contributed by atoms with E-state index in [9.17, 15) is 4.79 Å². The van der Waals surface area contributed by atoms with Gasteiger partial charge in [-0.15, -0.1) is 0 Å². The predicted octanol–water partition coefficient (Wildman–Crippen LogP) is 2.35. The maximum absolute atomic E-state index is 11.9. The van der Waals surface area contributed by atoms with Gasteiger partial charge < -0.3 is 4.74 Å². The van der Waals surface area contributed by atoms with E-state index in [1.807, 2.05) is 37.3 Å². The molecule has 0 aliphatic heterocycles. The molecule has 0 atom stereocenters. The lowest BCUT2D eigenvalue weighted by atomic mass is 10.2. The lowest BCUT2D eigenvalue weighted by Gasteiger charge is -2.17. The zero-order chi connectivity index (χ0) is 13.7. The Kier molecular flexibility index (Phi) is 4.15. The molecule has 0 fully saturated rings. The van der Waals surface area contributed by atoms with Gasteiger partial charge in [-0.2, -0.15) is 0 Å². The van der Waals surface area contributed by atoms with Crippen LogP contribution in [0.25, 0.3) is 0 Å². The molecular weight excluding hydrogens is 240 g/mol. The van der Waals surface area contributed by atoms with Crippen LogP contribution in [0.1, 0.15) is 15.9 Å². The van der Waals surface area contributed by atoms with Crippen LogP contribution in [0.2, 0.25) is 0 Å². The summed E-state index contributed by atoms with van der Waals surface area (Å²) in [4.78, 5) is 11.9. The predicted molar refractivity (Wildman–Crippen MR) is 73.5 cm³/mol. The van der Waals surface area contributed by atoms with Gasteiger partial charge in [0.15, 0.2) is 6.73 Å². The molecule has 0 saturated heterocycles. The third-order valence-corrected chi connectivity index (χ3v) is 2.67. The highest BCUT2D eigenvalue weighted by atomic mass is 16.5. The molecule has 98 valence electrons. The summed E-state index contributed by atoms with van der Waals surface area (Å²) in [5, 5.41) is 1.05. The number of nitrogens with zero attached hydrogens (tertiary/aromatic N) is 1. The molecule has 2 N–H and O–H groups in total. The molecule has 2 rings (SSSR count). The molecule has 2 aromatic carbocycles. The third-order valence-electron chi connectivity index (χ3n) is 2.67. The average molecular weight is 256 g/mol. The maximum Gasteiger partial charge on any atom is 0.270 e. The van der Waals surface area contributed by atoms with E-state index in [2.05, 4.69) is 0 Å². The fourth-order valence-corrected chi connectivity index (χ4v) is 1.58. The first kappa shape index (κ1) is 13.1.